The van der Waals surface area contributed by atoms with Crippen molar-refractivity contribution in [1.29, 1.82) is 0 Å². The van der Waals surface area contributed by atoms with Crippen LogP contribution in [0.1, 0.15) is 57.1 Å². The summed E-state index contributed by atoms with van der Waals surface area (Å²) in [5.74, 6) is 2.20. The average molecular weight is 283 g/mol. The number of rotatable bonds is 5. The first-order chi connectivity index (χ1) is 10.0. The summed E-state index contributed by atoms with van der Waals surface area (Å²) in [5.41, 5.74) is 2.05. The maximum Gasteiger partial charge on any atom is 0.185 e. The van der Waals surface area contributed by atoms with Gasteiger partial charge in [0.1, 0.15) is 11.5 Å². The Kier molecular flexibility index (Phi) is 4.89. The van der Waals surface area contributed by atoms with Crippen LogP contribution in [0.5, 0.6) is 17.2 Å². The fourth-order valence-electron chi connectivity index (χ4n) is 2.35. The molecule has 2 aromatic carbocycles. The largest absolute Gasteiger partial charge is 0.457 e. The highest BCUT2D eigenvalue weighted by atomic mass is 16.5. The molecule has 0 saturated heterocycles. The zero-order chi connectivity index (χ0) is 15.4. The number of benzene rings is 2. The van der Waals surface area contributed by atoms with Crippen LogP contribution in [-0.2, 0) is 5.11 Å². The Labute approximate surface area is 127 Å². The third kappa shape index (κ3) is 3.57. The van der Waals surface area contributed by atoms with Crippen LogP contribution in [0.25, 0.3) is 0 Å². The molecule has 1 atom stereocenters. The monoisotopic (exact) mass is 283 g/mol. The van der Waals surface area contributed by atoms with Crippen LogP contribution >= 0.6 is 0 Å². The second kappa shape index (κ2) is 6.66. The Bertz CT molecular complexity index is 585. The Morgan fingerprint density at radius 3 is 2.24 bits per heavy atom. The Hall–Kier alpha value is -1.96. The molecular formula is C19H23O2. The molecule has 0 amide bonds. The molecule has 0 aliphatic rings. The minimum atomic E-state index is 0.0562. The van der Waals surface area contributed by atoms with E-state index in [-0.39, 0.29) is 11.7 Å². The molecule has 1 unspecified atom stereocenters. The summed E-state index contributed by atoms with van der Waals surface area (Å²) < 4.78 is 5.95. The van der Waals surface area contributed by atoms with E-state index in [4.69, 9.17) is 4.74 Å². The molecule has 0 bridgehead atoms. The first-order valence-corrected chi connectivity index (χ1v) is 7.60. The summed E-state index contributed by atoms with van der Waals surface area (Å²) in [6.07, 6.45) is 0.919. The highest BCUT2D eigenvalue weighted by molar-refractivity contribution is 5.48. The van der Waals surface area contributed by atoms with E-state index < -0.39 is 0 Å². The van der Waals surface area contributed by atoms with Crippen LogP contribution in [-0.4, -0.2) is 0 Å². The van der Waals surface area contributed by atoms with Crippen molar-refractivity contribution < 1.29 is 9.84 Å². The summed E-state index contributed by atoms with van der Waals surface area (Å²) in [4.78, 5) is 0. The fraction of sp³-hybridized carbons (Fsp3) is 0.368. The smallest absolute Gasteiger partial charge is 0.185 e. The lowest BCUT2D eigenvalue weighted by atomic mass is 9.96. The predicted octanol–water partition coefficient (Wildman–Crippen LogP) is 6.26. The van der Waals surface area contributed by atoms with Gasteiger partial charge in [0.25, 0.3) is 0 Å². The lowest BCUT2D eigenvalue weighted by molar-refractivity contribution is 0.342. The average Bonchev–Trinajstić information content (AvgIpc) is 2.47. The second-order valence-corrected chi connectivity index (χ2v) is 5.80. The molecular weight excluding hydrogens is 260 g/mol. The normalized spacial score (nSPS) is 12.4. The first-order valence-electron chi connectivity index (χ1n) is 7.60. The summed E-state index contributed by atoms with van der Waals surface area (Å²) in [5, 5.41) is 12.1. The van der Waals surface area contributed by atoms with Gasteiger partial charge in [-0.3, -0.25) is 5.11 Å². The number of hydrogen-bond donors (Lipinski definition) is 0. The van der Waals surface area contributed by atoms with E-state index in [0.717, 1.165) is 17.7 Å². The molecule has 0 saturated carbocycles. The van der Waals surface area contributed by atoms with E-state index in [2.05, 4.69) is 39.8 Å². The minimum Gasteiger partial charge on any atom is -0.457 e. The molecule has 0 heterocycles. The molecule has 2 nitrogen and oxygen atoms in total. The standard InChI is InChI=1S/C19H23O2/c1-5-14(4)19-17(20)7-6-8-18(19)21-16-11-9-15(10-12-16)13(2)3/h6-14H,5H2,1-4H3. The lowest BCUT2D eigenvalue weighted by Gasteiger charge is -2.16. The van der Waals surface area contributed by atoms with E-state index in [1.54, 1.807) is 12.1 Å². The molecule has 1 radical (unpaired) electrons. The van der Waals surface area contributed by atoms with Crippen molar-refractivity contribution in [2.45, 2.75) is 46.0 Å². The zero-order valence-electron chi connectivity index (χ0n) is 13.2. The van der Waals surface area contributed by atoms with Gasteiger partial charge in [0.05, 0.1) is 0 Å². The molecule has 0 aromatic heterocycles. The topological polar surface area (TPSA) is 29.1 Å². The third-order valence-electron chi connectivity index (χ3n) is 3.91. The number of ether oxygens (including phenoxy) is 1. The van der Waals surface area contributed by atoms with Crippen LogP contribution in [0.2, 0.25) is 0 Å². The van der Waals surface area contributed by atoms with Crippen LogP contribution in [0.3, 0.4) is 0 Å². The van der Waals surface area contributed by atoms with Gasteiger partial charge in [-0.15, -0.1) is 0 Å². The van der Waals surface area contributed by atoms with Gasteiger partial charge in [-0.2, -0.15) is 0 Å². The lowest BCUT2D eigenvalue weighted by Crippen LogP contribution is -1.97. The van der Waals surface area contributed by atoms with Gasteiger partial charge in [-0.1, -0.05) is 45.9 Å². The van der Waals surface area contributed by atoms with E-state index in [0.29, 0.717) is 11.7 Å². The number of hydrogen-bond acceptors (Lipinski definition) is 1. The predicted molar refractivity (Wildman–Crippen MR) is 85.9 cm³/mol. The minimum absolute atomic E-state index is 0.0562. The van der Waals surface area contributed by atoms with Crippen molar-refractivity contribution in [2.24, 2.45) is 0 Å². The fourth-order valence-corrected chi connectivity index (χ4v) is 2.35. The Balaban J connectivity index is 2.29. The quantitative estimate of drug-likeness (QED) is 0.636. The van der Waals surface area contributed by atoms with Crippen LogP contribution in [0.15, 0.2) is 42.5 Å². The van der Waals surface area contributed by atoms with Crippen LogP contribution in [0, 0.1) is 0 Å². The van der Waals surface area contributed by atoms with Crippen LogP contribution in [0.4, 0.5) is 0 Å². The maximum atomic E-state index is 12.1. The van der Waals surface area contributed by atoms with Gasteiger partial charge in [0.15, 0.2) is 5.75 Å². The van der Waals surface area contributed by atoms with Crippen molar-refractivity contribution >= 4 is 0 Å². The third-order valence-corrected chi connectivity index (χ3v) is 3.91. The van der Waals surface area contributed by atoms with E-state index >= 15 is 0 Å². The summed E-state index contributed by atoms with van der Waals surface area (Å²) in [6.45, 7) is 8.47. The molecule has 0 aliphatic heterocycles. The zero-order valence-corrected chi connectivity index (χ0v) is 13.2. The van der Waals surface area contributed by atoms with Crippen molar-refractivity contribution in [3.05, 3.63) is 53.6 Å². The molecule has 2 heteroatoms. The van der Waals surface area contributed by atoms with Gasteiger partial charge >= 0.3 is 0 Å². The summed E-state index contributed by atoms with van der Waals surface area (Å²) in [7, 11) is 0. The molecule has 111 valence electrons. The summed E-state index contributed by atoms with van der Waals surface area (Å²) >= 11 is 0. The first kappa shape index (κ1) is 15.4. The highest BCUT2D eigenvalue weighted by Crippen LogP contribution is 2.38. The van der Waals surface area contributed by atoms with Gasteiger partial charge in [0.2, 0.25) is 0 Å². The van der Waals surface area contributed by atoms with Gasteiger partial charge < -0.3 is 4.74 Å². The molecule has 2 aromatic rings. The van der Waals surface area contributed by atoms with Crippen molar-refractivity contribution in [3.8, 4) is 17.2 Å². The summed E-state index contributed by atoms with van der Waals surface area (Å²) in [6, 6.07) is 13.3. The molecule has 0 aliphatic carbocycles. The van der Waals surface area contributed by atoms with Gasteiger partial charge in [0, 0.05) is 5.56 Å². The molecule has 0 fully saturated rings. The molecule has 0 spiro atoms. The highest BCUT2D eigenvalue weighted by Gasteiger charge is 2.16. The van der Waals surface area contributed by atoms with Gasteiger partial charge in [-0.25, -0.2) is 0 Å². The maximum absolute atomic E-state index is 12.1. The SMILES string of the molecule is CCC(C)c1c([O])cccc1Oc1ccc(C(C)C)cc1. The van der Waals surface area contributed by atoms with E-state index in [9.17, 15) is 5.11 Å². The Morgan fingerprint density at radius 1 is 1.00 bits per heavy atom. The van der Waals surface area contributed by atoms with Crippen LogP contribution < -0.4 is 4.74 Å². The Morgan fingerprint density at radius 2 is 1.67 bits per heavy atom. The molecule has 0 N–H and O–H groups in total. The second-order valence-electron chi connectivity index (χ2n) is 5.80. The van der Waals surface area contributed by atoms with Crippen molar-refractivity contribution in [1.82, 2.24) is 0 Å². The molecule has 2 rings (SSSR count). The van der Waals surface area contributed by atoms with Crippen molar-refractivity contribution in [3.63, 3.8) is 0 Å². The van der Waals surface area contributed by atoms with E-state index in [1.807, 2.05) is 18.2 Å². The molecule has 21 heavy (non-hydrogen) atoms. The van der Waals surface area contributed by atoms with Crippen molar-refractivity contribution in [2.75, 3.05) is 0 Å². The van der Waals surface area contributed by atoms with Gasteiger partial charge in [-0.05, 0) is 48.1 Å². The van der Waals surface area contributed by atoms with E-state index in [1.165, 1.54) is 5.56 Å².